The maximum absolute atomic E-state index is 11.8. The van der Waals surface area contributed by atoms with E-state index in [0.717, 1.165) is 19.8 Å². The van der Waals surface area contributed by atoms with Crippen molar-refractivity contribution in [1.82, 2.24) is 0 Å². The zero-order valence-electron chi connectivity index (χ0n) is 12.0. The Kier molecular flexibility index (Phi) is 5.12. The topological polar surface area (TPSA) is 26.3 Å². The average Bonchev–Trinajstić information content (AvgIpc) is 3.01. The Hall–Kier alpha value is -2.08. The van der Waals surface area contributed by atoms with Gasteiger partial charge in [-0.2, -0.15) is 0 Å². The number of benzene rings is 2. The number of ether oxygens (including phenoxy) is 1. The lowest BCUT2D eigenvalue weighted by atomic mass is 10.2. The summed E-state index contributed by atoms with van der Waals surface area (Å²) in [4.78, 5) is 13.0. The molecule has 3 rings (SSSR count). The molecule has 0 bridgehead atoms. The Bertz CT molecular complexity index is 874. The van der Waals surface area contributed by atoms with Crippen LogP contribution in [0.1, 0.15) is 5.56 Å². The summed E-state index contributed by atoms with van der Waals surface area (Å²) in [6.45, 7) is 0. The zero-order valence-corrected chi connectivity index (χ0v) is 14.4. The highest BCUT2D eigenvalue weighted by Crippen LogP contribution is 2.30. The van der Waals surface area contributed by atoms with Crippen LogP contribution in [0.15, 0.2) is 66.7 Å². The van der Waals surface area contributed by atoms with Gasteiger partial charge >= 0.3 is 5.97 Å². The van der Waals surface area contributed by atoms with Gasteiger partial charge in [0.25, 0.3) is 0 Å². The van der Waals surface area contributed by atoms with Crippen molar-refractivity contribution in [1.29, 1.82) is 0 Å². The van der Waals surface area contributed by atoms with E-state index in [1.807, 2.05) is 48.5 Å². The number of rotatable bonds is 4. The van der Waals surface area contributed by atoms with Gasteiger partial charge < -0.3 is 4.74 Å². The highest BCUT2D eigenvalue weighted by atomic mass is 32.9. The highest BCUT2D eigenvalue weighted by Gasteiger charge is 2.03. The first-order valence-corrected chi connectivity index (χ1v) is 9.42. The summed E-state index contributed by atoms with van der Waals surface area (Å²) in [5.74, 6) is 0.128. The van der Waals surface area contributed by atoms with E-state index in [1.165, 1.54) is 6.08 Å². The Labute approximate surface area is 146 Å². The van der Waals surface area contributed by atoms with Crippen LogP contribution in [0.25, 0.3) is 16.5 Å². The molecule has 3 aromatic rings. The molecule has 0 saturated heterocycles. The first kappa shape index (κ1) is 15.8. The summed E-state index contributed by atoms with van der Waals surface area (Å²) in [7, 11) is 3.23. The number of esters is 1. The lowest BCUT2D eigenvalue weighted by molar-refractivity contribution is -0.128. The van der Waals surface area contributed by atoms with E-state index in [9.17, 15) is 4.79 Å². The van der Waals surface area contributed by atoms with Crippen molar-refractivity contribution in [3.8, 4) is 16.2 Å². The van der Waals surface area contributed by atoms with Gasteiger partial charge in [0.15, 0.2) is 0 Å². The third-order valence-electron chi connectivity index (χ3n) is 3.03. The van der Waals surface area contributed by atoms with Crippen LogP contribution < -0.4 is 4.74 Å². The lowest BCUT2D eigenvalue weighted by Crippen LogP contribution is -2.03. The molecule has 2 aromatic carbocycles. The fourth-order valence-electron chi connectivity index (χ4n) is 1.94. The van der Waals surface area contributed by atoms with Crippen molar-refractivity contribution in [2.24, 2.45) is 0 Å². The fourth-order valence-corrected chi connectivity index (χ4v) is 4.34. The van der Waals surface area contributed by atoms with Crippen LogP contribution in [0.3, 0.4) is 0 Å². The largest absolute Gasteiger partial charge is 0.423 e. The van der Waals surface area contributed by atoms with E-state index < -0.39 is 5.97 Å². The summed E-state index contributed by atoms with van der Waals surface area (Å²) in [5, 5.41) is 0. The predicted molar refractivity (Wildman–Crippen MR) is 99.6 cm³/mol. The van der Waals surface area contributed by atoms with Gasteiger partial charge in [0.2, 0.25) is 0 Å². The second-order valence-corrected chi connectivity index (χ2v) is 7.60. The molecule has 1 aromatic heterocycles. The maximum Gasteiger partial charge on any atom is 0.336 e. The summed E-state index contributed by atoms with van der Waals surface area (Å²) in [6.07, 6.45) is 3.16. The van der Waals surface area contributed by atoms with Gasteiger partial charge in [0.05, 0.1) is 0 Å². The molecule has 114 valence electrons. The van der Waals surface area contributed by atoms with E-state index in [4.69, 9.17) is 17.0 Å². The molecule has 0 aliphatic carbocycles. The third kappa shape index (κ3) is 4.45. The Morgan fingerprint density at radius 3 is 2.39 bits per heavy atom. The van der Waals surface area contributed by atoms with Crippen LogP contribution in [0.2, 0.25) is 0 Å². The van der Waals surface area contributed by atoms with E-state index >= 15 is 0 Å². The monoisotopic (exact) mass is 356 g/mol. The molecular weight excluding hydrogens is 344 g/mol. The van der Waals surface area contributed by atoms with Gasteiger partial charge in [-0.15, -0.1) is 0 Å². The predicted octanol–water partition coefficient (Wildman–Crippen LogP) is 5.82. The highest BCUT2D eigenvalue weighted by molar-refractivity contribution is 7.80. The number of hydrogen-bond donors (Lipinski definition) is 0. The maximum atomic E-state index is 11.8. The average molecular weight is 356 g/mol. The van der Waals surface area contributed by atoms with Crippen LogP contribution in [0, 0.1) is 3.82 Å². The first-order valence-electron chi connectivity index (χ1n) is 6.86. The lowest BCUT2D eigenvalue weighted by Gasteiger charge is -2.02. The van der Waals surface area contributed by atoms with Gasteiger partial charge in [-0.1, -0.05) is 63.2 Å². The van der Waals surface area contributed by atoms with Crippen molar-refractivity contribution in [3.05, 3.63) is 76.1 Å². The van der Waals surface area contributed by atoms with Gasteiger partial charge in [0.1, 0.15) is 9.57 Å². The molecule has 0 amide bonds. The smallest absolute Gasteiger partial charge is 0.336 e. The molecule has 5 heteroatoms. The second-order valence-electron chi connectivity index (χ2n) is 4.68. The molecule has 0 unspecified atom stereocenters. The molecule has 0 fully saturated rings. The van der Waals surface area contributed by atoms with Gasteiger partial charge in [-0.3, -0.25) is 0 Å². The third-order valence-corrected chi connectivity index (χ3v) is 5.94. The van der Waals surface area contributed by atoms with Crippen molar-refractivity contribution >= 4 is 44.9 Å². The van der Waals surface area contributed by atoms with E-state index in [-0.39, 0.29) is 0 Å². The number of hydrogen-bond acceptors (Lipinski definition) is 5. The summed E-state index contributed by atoms with van der Waals surface area (Å²) >= 11 is 5.14. The molecule has 0 atom stereocenters. The van der Waals surface area contributed by atoms with E-state index in [2.05, 4.69) is 0 Å². The van der Waals surface area contributed by atoms with Crippen molar-refractivity contribution < 1.29 is 9.53 Å². The minimum absolute atomic E-state index is 0.396. The minimum Gasteiger partial charge on any atom is -0.423 e. The Morgan fingerprint density at radius 1 is 1.00 bits per heavy atom. The Balaban J connectivity index is 1.65. The second kappa shape index (κ2) is 7.46. The molecule has 2 nitrogen and oxygen atoms in total. The summed E-state index contributed by atoms with van der Waals surface area (Å²) in [5.41, 5.74) is 2.03. The molecular formula is C18H12O2S3. The summed E-state index contributed by atoms with van der Waals surface area (Å²) < 4.78 is 6.17. The normalized spacial score (nSPS) is 10.8. The first-order chi connectivity index (χ1) is 11.2. The molecule has 0 N–H and O–H groups in total. The molecule has 0 spiro atoms. The van der Waals surface area contributed by atoms with Crippen LogP contribution in [-0.4, -0.2) is 5.97 Å². The Morgan fingerprint density at radius 2 is 1.74 bits per heavy atom. The van der Waals surface area contributed by atoms with Crippen LogP contribution in [-0.2, 0) is 4.79 Å². The summed E-state index contributed by atoms with van der Waals surface area (Å²) in [6, 6.07) is 19.0. The fraction of sp³-hybridized carbons (Fsp3) is 0. The standard InChI is InChI=1S/C18H12O2S3/c19-17(11-6-13-4-2-1-3-5-13)20-15-9-7-14(8-10-15)16-12-18(21)23-22-16/h1-12H/b11-6+. The van der Waals surface area contributed by atoms with Crippen LogP contribution in [0.4, 0.5) is 0 Å². The van der Waals surface area contributed by atoms with Crippen molar-refractivity contribution in [2.45, 2.75) is 0 Å². The molecule has 0 saturated carbocycles. The number of carbonyl (C=O) groups is 1. The van der Waals surface area contributed by atoms with Gasteiger partial charge in [-0.05, 0) is 47.5 Å². The van der Waals surface area contributed by atoms with Crippen molar-refractivity contribution in [2.75, 3.05) is 0 Å². The van der Waals surface area contributed by atoms with E-state index in [1.54, 1.807) is 38.9 Å². The quantitative estimate of drug-likeness (QED) is 0.194. The van der Waals surface area contributed by atoms with Crippen LogP contribution >= 0.6 is 32.9 Å². The molecule has 23 heavy (non-hydrogen) atoms. The molecule has 0 aliphatic rings. The van der Waals surface area contributed by atoms with Gasteiger partial charge in [-0.25, -0.2) is 4.79 Å². The van der Waals surface area contributed by atoms with Crippen LogP contribution in [0.5, 0.6) is 5.75 Å². The van der Waals surface area contributed by atoms with Crippen molar-refractivity contribution in [3.63, 3.8) is 0 Å². The molecule has 0 radical (unpaired) electrons. The molecule has 0 aliphatic heterocycles. The van der Waals surface area contributed by atoms with Gasteiger partial charge in [0, 0.05) is 11.0 Å². The number of carbonyl (C=O) groups excluding carboxylic acids is 1. The minimum atomic E-state index is -0.396. The molecule has 1 heterocycles. The van der Waals surface area contributed by atoms with E-state index in [0.29, 0.717) is 5.75 Å². The zero-order chi connectivity index (χ0) is 16.1. The SMILES string of the molecule is O=C(/C=C/c1ccccc1)Oc1ccc(-c2cc(=S)ss2)cc1.